The average molecular weight is 385 g/mol. The van der Waals surface area contributed by atoms with Crippen LogP contribution < -0.4 is 11.2 Å². The minimum Gasteiger partial charge on any atom is -0.313 e. The standard InChI is InChI=1S/C18H17FN5O2P/c1-9(11-3-5-12(19)6-4-11)21-17(27)13-7-15(24-23-10(13)2)14-8-20-18(26)22-16(14)25/h3-9H,27H2,1-2H3,(H2,20,22,25,26). The van der Waals surface area contributed by atoms with Gasteiger partial charge in [-0.2, -0.15) is 5.10 Å². The molecule has 2 aromatic heterocycles. The molecule has 0 saturated heterocycles. The molecular formula is C18H17FN5O2P. The van der Waals surface area contributed by atoms with Crippen molar-refractivity contribution in [2.75, 3.05) is 0 Å². The van der Waals surface area contributed by atoms with Crippen LogP contribution in [0.1, 0.15) is 29.8 Å². The SMILES string of the molecule is Cc1nnc(-c2c[nH]c(=O)[nH]c2=O)cc1C(P)=NC(C)c1ccc(F)cc1. The van der Waals surface area contributed by atoms with Crippen LogP contribution in [0.5, 0.6) is 0 Å². The predicted molar refractivity (Wildman–Crippen MR) is 105 cm³/mol. The van der Waals surface area contributed by atoms with E-state index in [0.29, 0.717) is 22.4 Å². The van der Waals surface area contributed by atoms with E-state index >= 15 is 0 Å². The van der Waals surface area contributed by atoms with Crippen molar-refractivity contribution in [1.29, 1.82) is 0 Å². The molecule has 138 valence electrons. The largest absolute Gasteiger partial charge is 0.325 e. The van der Waals surface area contributed by atoms with E-state index in [1.807, 2.05) is 6.92 Å². The van der Waals surface area contributed by atoms with Crippen molar-refractivity contribution in [3.8, 4) is 11.3 Å². The molecule has 0 radical (unpaired) electrons. The number of aromatic nitrogens is 4. The minimum absolute atomic E-state index is 0.202. The lowest BCUT2D eigenvalue weighted by molar-refractivity contribution is 0.626. The van der Waals surface area contributed by atoms with Gasteiger partial charge in [0.25, 0.3) is 5.56 Å². The van der Waals surface area contributed by atoms with E-state index in [1.165, 1.54) is 18.3 Å². The molecule has 0 bridgehead atoms. The lowest BCUT2D eigenvalue weighted by Gasteiger charge is -2.11. The van der Waals surface area contributed by atoms with Crippen molar-refractivity contribution >= 4 is 14.7 Å². The van der Waals surface area contributed by atoms with E-state index in [1.54, 1.807) is 25.1 Å². The van der Waals surface area contributed by atoms with Crippen molar-refractivity contribution in [1.82, 2.24) is 20.2 Å². The maximum Gasteiger partial charge on any atom is 0.325 e. The number of aliphatic imine (C=N–C) groups is 1. The summed E-state index contributed by atoms with van der Waals surface area (Å²) in [7, 11) is 2.55. The number of aromatic amines is 2. The fraction of sp³-hybridized carbons (Fsp3) is 0.167. The van der Waals surface area contributed by atoms with Gasteiger partial charge in [-0.05, 0) is 37.6 Å². The zero-order chi connectivity index (χ0) is 19.6. The van der Waals surface area contributed by atoms with Gasteiger partial charge in [0.15, 0.2) is 0 Å². The van der Waals surface area contributed by atoms with Crippen molar-refractivity contribution in [3.63, 3.8) is 0 Å². The number of benzene rings is 1. The van der Waals surface area contributed by atoms with Crippen molar-refractivity contribution in [3.05, 3.63) is 80.0 Å². The number of halogens is 1. The van der Waals surface area contributed by atoms with E-state index in [-0.39, 0.29) is 17.4 Å². The van der Waals surface area contributed by atoms with E-state index in [4.69, 9.17) is 0 Å². The summed E-state index contributed by atoms with van der Waals surface area (Å²) in [4.78, 5) is 32.4. The molecule has 1 aromatic carbocycles. The van der Waals surface area contributed by atoms with Crippen LogP contribution in [0.15, 0.2) is 51.1 Å². The summed E-state index contributed by atoms with van der Waals surface area (Å²) in [6.07, 6.45) is 1.30. The summed E-state index contributed by atoms with van der Waals surface area (Å²) in [5.41, 5.74) is 2.21. The Morgan fingerprint density at radius 1 is 1.22 bits per heavy atom. The average Bonchev–Trinajstić information content (AvgIpc) is 2.63. The molecule has 3 rings (SSSR count). The molecule has 0 spiro atoms. The lowest BCUT2D eigenvalue weighted by Crippen LogP contribution is -2.23. The Labute approximate surface area is 156 Å². The molecule has 3 aromatic rings. The minimum atomic E-state index is -0.592. The van der Waals surface area contributed by atoms with Crippen LogP contribution in [0.2, 0.25) is 0 Å². The van der Waals surface area contributed by atoms with E-state index in [9.17, 15) is 14.0 Å². The summed E-state index contributed by atoms with van der Waals surface area (Å²) in [5.74, 6) is -0.300. The molecule has 0 aliphatic carbocycles. The fourth-order valence-corrected chi connectivity index (χ4v) is 3.05. The van der Waals surface area contributed by atoms with Gasteiger partial charge in [0.1, 0.15) is 11.5 Å². The summed E-state index contributed by atoms with van der Waals surface area (Å²) < 4.78 is 13.1. The molecule has 0 fully saturated rings. The summed E-state index contributed by atoms with van der Waals surface area (Å²) in [6, 6.07) is 7.64. The van der Waals surface area contributed by atoms with E-state index in [2.05, 4.69) is 34.4 Å². The molecule has 0 aliphatic heterocycles. The third kappa shape index (κ3) is 4.23. The Morgan fingerprint density at radius 2 is 1.93 bits per heavy atom. The molecule has 2 unspecified atom stereocenters. The van der Waals surface area contributed by atoms with Crippen LogP contribution in [0.3, 0.4) is 0 Å². The van der Waals surface area contributed by atoms with Crippen molar-refractivity contribution in [2.45, 2.75) is 19.9 Å². The molecular weight excluding hydrogens is 368 g/mol. The van der Waals surface area contributed by atoms with Gasteiger partial charge >= 0.3 is 5.69 Å². The third-order valence-corrected chi connectivity index (χ3v) is 4.49. The second kappa shape index (κ2) is 7.72. The van der Waals surface area contributed by atoms with Crippen molar-refractivity contribution < 1.29 is 4.39 Å². The Hall–Kier alpha value is -2.99. The highest BCUT2D eigenvalue weighted by Crippen LogP contribution is 2.22. The van der Waals surface area contributed by atoms with Gasteiger partial charge in [-0.15, -0.1) is 5.10 Å². The molecule has 9 heteroatoms. The lowest BCUT2D eigenvalue weighted by atomic mass is 10.1. The second-order valence-corrected chi connectivity index (χ2v) is 6.50. The van der Waals surface area contributed by atoms with Gasteiger partial charge in [0.05, 0.1) is 22.8 Å². The molecule has 0 amide bonds. The van der Waals surface area contributed by atoms with Crippen LogP contribution in [0.4, 0.5) is 4.39 Å². The highest BCUT2D eigenvalue weighted by Gasteiger charge is 2.13. The zero-order valence-corrected chi connectivity index (χ0v) is 15.8. The monoisotopic (exact) mass is 385 g/mol. The van der Waals surface area contributed by atoms with Gasteiger partial charge in [0.2, 0.25) is 0 Å². The number of aryl methyl sites for hydroxylation is 1. The van der Waals surface area contributed by atoms with Crippen LogP contribution in [0.25, 0.3) is 11.3 Å². The Morgan fingerprint density at radius 3 is 2.59 bits per heavy atom. The second-order valence-electron chi connectivity index (χ2n) is 5.96. The normalized spacial score (nSPS) is 12.8. The molecule has 27 heavy (non-hydrogen) atoms. The molecule has 2 atom stereocenters. The summed E-state index contributed by atoms with van der Waals surface area (Å²) in [6.45, 7) is 3.68. The van der Waals surface area contributed by atoms with Gasteiger partial charge in [0, 0.05) is 11.8 Å². The topological polar surface area (TPSA) is 104 Å². The van der Waals surface area contributed by atoms with Crippen molar-refractivity contribution in [2.24, 2.45) is 4.99 Å². The maximum atomic E-state index is 13.1. The zero-order valence-electron chi connectivity index (χ0n) is 14.7. The first kappa shape index (κ1) is 18.8. The number of hydrogen-bond donors (Lipinski definition) is 2. The molecule has 2 N–H and O–H groups in total. The fourth-order valence-electron chi connectivity index (χ4n) is 2.54. The maximum absolute atomic E-state index is 13.1. The van der Waals surface area contributed by atoms with Gasteiger partial charge in [-0.25, -0.2) is 9.18 Å². The van der Waals surface area contributed by atoms with Crippen LogP contribution in [-0.2, 0) is 0 Å². The van der Waals surface area contributed by atoms with Crippen LogP contribution in [-0.4, -0.2) is 25.6 Å². The number of rotatable bonds is 4. The quantitative estimate of drug-likeness (QED) is 0.531. The summed E-state index contributed by atoms with van der Waals surface area (Å²) >= 11 is 0. The molecule has 7 nitrogen and oxygen atoms in total. The molecule has 0 saturated carbocycles. The highest BCUT2D eigenvalue weighted by molar-refractivity contribution is 7.42. The van der Waals surface area contributed by atoms with E-state index in [0.717, 1.165) is 5.56 Å². The Balaban J connectivity index is 1.99. The third-order valence-electron chi connectivity index (χ3n) is 4.03. The smallest absolute Gasteiger partial charge is 0.313 e. The van der Waals surface area contributed by atoms with Crippen LogP contribution in [0, 0.1) is 12.7 Å². The number of nitrogens with zero attached hydrogens (tertiary/aromatic N) is 3. The Bertz CT molecular complexity index is 1120. The van der Waals surface area contributed by atoms with Gasteiger partial charge in [-0.3, -0.25) is 14.8 Å². The Kier molecular flexibility index (Phi) is 5.37. The van der Waals surface area contributed by atoms with E-state index < -0.39 is 11.2 Å². The summed E-state index contributed by atoms with van der Waals surface area (Å²) in [5, 5.41) is 8.12. The van der Waals surface area contributed by atoms with Gasteiger partial charge < -0.3 is 4.98 Å². The first-order valence-corrected chi connectivity index (χ1v) is 8.68. The molecule has 0 aliphatic rings. The van der Waals surface area contributed by atoms with Gasteiger partial charge in [-0.1, -0.05) is 21.4 Å². The number of nitrogens with one attached hydrogen (secondary N) is 2. The first-order chi connectivity index (χ1) is 12.8. The van der Waals surface area contributed by atoms with Crippen LogP contribution >= 0.6 is 9.24 Å². The number of H-pyrrole nitrogens is 2. The number of hydrogen-bond acceptors (Lipinski definition) is 5. The first-order valence-electron chi connectivity index (χ1n) is 8.11. The predicted octanol–water partition coefficient (Wildman–Crippen LogP) is 2.35. The highest BCUT2D eigenvalue weighted by atomic mass is 31.0. The molecule has 2 heterocycles.